The van der Waals surface area contributed by atoms with E-state index in [-0.39, 0.29) is 0 Å². The van der Waals surface area contributed by atoms with Gasteiger partial charge in [-0.05, 0) is 18.9 Å². The van der Waals surface area contributed by atoms with Crippen molar-refractivity contribution in [1.29, 1.82) is 0 Å². The number of amides is 1. The third kappa shape index (κ3) is 6.59. The van der Waals surface area contributed by atoms with E-state index in [1.807, 2.05) is 0 Å². The van der Waals surface area contributed by atoms with E-state index in [1.165, 1.54) is 57.1 Å². The molecule has 9 nitrogen and oxygen atoms in total. The number of ketones is 1. The number of benzene rings is 1. The predicted molar refractivity (Wildman–Crippen MR) is 152 cm³/mol. The van der Waals surface area contributed by atoms with Crippen molar-refractivity contribution in [3.8, 4) is 0 Å². The lowest BCUT2D eigenvalue weighted by Gasteiger charge is -2.48. The zero-order chi connectivity index (χ0) is 32.1. The number of epoxide rings is 1. The van der Waals surface area contributed by atoms with Gasteiger partial charge in [0.05, 0.1) is 18.1 Å². The SMILES string of the molecule is CCCCCCCCC/C=C/C(=O)N[C@H]1C[C@@]2(O)C(=O)[C@H]([C@H](OC)[C@@H]3O[C@@H]32)[C@H]1OC(=O)[C@@](OC)(c1ccccc1)C(F)(F)F. The molecule has 44 heavy (non-hydrogen) atoms. The molecule has 12 heteroatoms. The maximum atomic E-state index is 14.6. The Morgan fingerprint density at radius 1 is 1.07 bits per heavy atom. The van der Waals surface area contributed by atoms with Crippen molar-refractivity contribution in [2.45, 2.75) is 113 Å². The van der Waals surface area contributed by atoms with Crippen molar-refractivity contribution in [1.82, 2.24) is 5.32 Å². The number of methoxy groups -OCH3 is 2. The molecule has 244 valence electrons. The number of carbonyl (C=O) groups excluding carboxylic acids is 3. The van der Waals surface area contributed by atoms with Crippen molar-refractivity contribution in [2.75, 3.05) is 14.2 Å². The zero-order valence-electron chi connectivity index (χ0n) is 25.3. The molecule has 0 aromatic heterocycles. The molecule has 2 bridgehead atoms. The number of rotatable bonds is 15. The van der Waals surface area contributed by atoms with Crippen LogP contribution in [0.5, 0.6) is 0 Å². The van der Waals surface area contributed by atoms with Crippen LogP contribution in [0.25, 0.3) is 0 Å². The maximum Gasteiger partial charge on any atom is 0.432 e. The van der Waals surface area contributed by atoms with E-state index in [0.717, 1.165) is 38.5 Å². The van der Waals surface area contributed by atoms with Gasteiger partial charge in [-0.3, -0.25) is 9.59 Å². The average molecular weight is 626 g/mol. The normalized spacial score (nSPS) is 30.8. The Kier molecular flexibility index (Phi) is 10.9. The lowest BCUT2D eigenvalue weighted by atomic mass is 9.63. The number of allylic oxidation sites excluding steroid dienone is 1. The number of esters is 1. The van der Waals surface area contributed by atoms with Crippen LogP contribution in [0.4, 0.5) is 13.2 Å². The summed E-state index contributed by atoms with van der Waals surface area (Å²) in [5, 5.41) is 14.0. The number of hydrogen-bond donors (Lipinski definition) is 2. The summed E-state index contributed by atoms with van der Waals surface area (Å²) in [5.41, 5.74) is -6.08. The molecule has 0 radical (unpaired) electrons. The summed E-state index contributed by atoms with van der Waals surface area (Å²) in [7, 11) is 2.02. The summed E-state index contributed by atoms with van der Waals surface area (Å²) in [5.74, 6) is -4.61. The van der Waals surface area contributed by atoms with Gasteiger partial charge in [0, 0.05) is 26.2 Å². The largest absolute Gasteiger partial charge is 0.457 e. The quantitative estimate of drug-likeness (QED) is 0.128. The molecule has 4 rings (SSSR count). The number of carbonyl (C=O) groups is 3. The molecule has 2 N–H and O–H groups in total. The Morgan fingerprint density at radius 2 is 1.73 bits per heavy atom. The smallest absolute Gasteiger partial charge is 0.432 e. The van der Waals surface area contributed by atoms with E-state index in [1.54, 1.807) is 6.08 Å². The number of hydrogen-bond acceptors (Lipinski definition) is 8. The van der Waals surface area contributed by atoms with E-state index in [0.29, 0.717) is 6.42 Å². The number of aliphatic hydroxyl groups is 1. The van der Waals surface area contributed by atoms with Gasteiger partial charge in [0.2, 0.25) is 5.91 Å². The molecule has 3 fully saturated rings. The molecule has 1 heterocycles. The summed E-state index contributed by atoms with van der Waals surface area (Å²) in [6.07, 6.45) is 1.47. The van der Waals surface area contributed by atoms with Gasteiger partial charge in [0.25, 0.3) is 5.60 Å². The predicted octanol–water partition coefficient (Wildman–Crippen LogP) is 4.30. The third-order valence-corrected chi connectivity index (χ3v) is 8.94. The second-order valence-electron chi connectivity index (χ2n) is 11.8. The van der Waals surface area contributed by atoms with Gasteiger partial charge in [0.15, 0.2) is 11.4 Å². The van der Waals surface area contributed by atoms with Crippen molar-refractivity contribution >= 4 is 17.7 Å². The molecular formula is C32H42F3NO8. The van der Waals surface area contributed by atoms with Gasteiger partial charge >= 0.3 is 12.1 Å². The van der Waals surface area contributed by atoms with Gasteiger partial charge < -0.3 is 29.4 Å². The first-order chi connectivity index (χ1) is 21.0. The monoisotopic (exact) mass is 625 g/mol. The van der Waals surface area contributed by atoms with E-state index < -0.39 is 83.4 Å². The second-order valence-corrected chi connectivity index (χ2v) is 11.8. The minimum atomic E-state index is -5.25. The molecule has 1 aromatic carbocycles. The Bertz CT molecular complexity index is 1190. The summed E-state index contributed by atoms with van der Waals surface area (Å²) in [6.45, 7) is 2.16. The third-order valence-electron chi connectivity index (χ3n) is 8.94. The summed E-state index contributed by atoms with van der Waals surface area (Å²) in [6, 6.07) is 5.06. The molecule has 2 saturated carbocycles. The van der Waals surface area contributed by atoms with Gasteiger partial charge in [-0.25, -0.2) is 4.79 Å². The number of unbranched alkanes of at least 4 members (excludes halogenated alkanes) is 7. The van der Waals surface area contributed by atoms with E-state index in [2.05, 4.69) is 12.2 Å². The number of fused-ring (bicyclic) bond motifs is 4. The van der Waals surface area contributed by atoms with Crippen LogP contribution in [0, 0.1) is 5.92 Å². The fourth-order valence-corrected chi connectivity index (χ4v) is 6.60. The van der Waals surface area contributed by atoms with Crippen molar-refractivity contribution in [3.63, 3.8) is 0 Å². The molecule has 0 spiro atoms. The topological polar surface area (TPSA) is 124 Å². The molecule has 1 aliphatic heterocycles. The molecule has 1 aromatic rings. The fraction of sp³-hybridized carbons (Fsp3) is 0.656. The van der Waals surface area contributed by atoms with Crippen LogP contribution in [-0.4, -0.2) is 79.2 Å². The molecule has 3 aliphatic rings. The van der Waals surface area contributed by atoms with E-state index in [9.17, 15) is 32.7 Å². The van der Waals surface area contributed by atoms with Gasteiger partial charge in [-0.15, -0.1) is 0 Å². The fourth-order valence-electron chi connectivity index (χ4n) is 6.60. The number of Topliss-reactive ketones (excluding diaryl/α,β-unsaturated/α-hetero) is 1. The van der Waals surface area contributed by atoms with Gasteiger partial charge in [0.1, 0.15) is 18.3 Å². The first-order valence-electron chi connectivity index (χ1n) is 15.3. The molecule has 1 saturated heterocycles. The Hall–Kier alpha value is -2.80. The average Bonchev–Trinajstić information content (AvgIpc) is 3.78. The highest BCUT2D eigenvalue weighted by Gasteiger charge is 2.74. The molecular weight excluding hydrogens is 583 g/mol. The zero-order valence-corrected chi connectivity index (χ0v) is 25.3. The van der Waals surface area contributed by atoms with Crippen LogP contribution in [0.3, 0.4) is 0 Å². The highest BCUT2D eigenvalue weighted by molar-refractivity contribution is 5.95. The summed E-state index contributed by atoms with van der Waals surface area (Å²) < 4.78 is 65.3. The van der Waals surface area contributed by atoms with Crippen molar-refractivity contribution in [2.24, 2.45) is 5.92 Å². The highest BCUT2D eigenvalue weighted by atomic mass is 19.4. The molecule has 0 unspecified atom stereocenters. The van der Waals surface area contributed by atoms with Crippen LogP contribution < -0.4 is 5.32 Å². The molecule has 1 amide bonds. The minimum Gasteiger partial charge on any atom is -0.457 e. The van der Waals surface area contributed by atoms with Gasteiger partial charge in [-0.2, -0.15) is 13.2 Å². The van der Waals surface area contributed by atoms with Gasteiger partial charge in [-0.1, -0.05) is 81.9 Å². The number of nitrogens with one attached hydrogen (secondary N) is 1. The number of alkyl halides is 3. The summed E-state index contributed by atoms with van der Waals surface area (Å²) in [4.78, 5) is 40.1. The number of halogens is 3. The van der Waals surface area contributed by atoms with Crippen molar-refractivity contribution < 1.29 is 51.6 Å². The highest BCUT2D eigenvalue weighted by Crippen LogP contribution is 2.53. The van der Waals surface area contributed by atoms with Crippen molar-refractivity contribution in [3.05, 3.63) is 48.0 Å². The lowest BCUT2D eigenvalue weighted by Crippen LogP contribution is -2.71. The van der Waals surface area contributed by atoms with Crippen LogP contribution in [0.15, 0.2) is 42.5 Å². The lowest BCUT2D eigenvalue weighted by molar-refractivity contribution is -0.280. The van der Waals surface area contributed by atoms with Crippen LogP contribution >= 0.6 is 0 Å². The minimum absolute atomic E-state index is 0.424. The van der Waals surface area contributed by atoms with E-state index >= 15 is 0 Å². The Morgan fingerprint density at radius 3 is 2.34 bits per heavy atom. The second kappa shape index (κ2) is 14.1. The Labute approximate surface area is 255 Å². The van der Waals surface area contributed by atoms with Crippen LogP contribution in [0.1, 0.15) is 70.3 Å². The molecule has 2 aliphatic carbocycles. The van der Waals surface area contributed by atoms with E-state index in [4.69, 9.17) is 18.9 Å². The standard InChI is InChI=1S/C32H42F3NO8/c1-4-5-6-7-8-9-10-11-15-18-22(37)36-21-19-30(40)27(38)23(25(41-2)26-28(30)43-26)24(21)44-29(39)31(42-3,32(33,34)35)20-16-13-12-14-17-20/h12-18,21,23-26,28,40H,4-11,19H2,1-3H3,(H,36,37)/b18-15+/t21-,23-,24-,25-,26-,28-,30+,31-/m0/s1. The number of ether oxygens (including phenoxy) is 4. The first kappa shape index (κ1) is 34.1. The van der Waals surface area contributed by atoms with Crippen LogP contribution in [-0.2, 0) is 38.9 Å². The summed E-state index contributed by atoms with van der Waals surface area (Å²) >= 11 is 0. The first-order valence-corrected chi connectivity index (χ1v) is 15.3. The van der Waals surface area contributed by atoms with Crippen LogP contribution in [0.2, 0.25) is 0 Å². The Balaban J connectivity index is 1.55. The molecule has 8 atom stereocenters. The maximum absolute atomic E-state index is 14.6.